The highest BCUT2D eigenvalue weighted by Crippen LogP contribution is 2.17. The van der Waals surface area contributed by atoms with Crippen LogP contribution in [0.15, 0.2) is 24.7 Å². The van der Waals surface area contributed by atoms with Crippen molar-refractivity contribution in [1.82, 2.24) is 24.9 Å². The standard InChI is InChI=1S/C12H16ClN5O/c1-12(2,18-8-9(13)6-16-18)11(19)14-7-10-4-5-15-17(10)3/h4-6,8H,7H2,1-3H3,(H,14,19). The number of nitrogens with one attached hydrogen (secondary N) is 1. The van der Waals surface area contributed by atoms with Crippen LogP contribution in [0, 0.1) is 0 Å². The Hall–Kier alpha value is -1.82. The second-order valence-electron chi connectivity index (χ2n) is 4.79. The third kappa shape index (κ3) is 2.78. The van der Waals surface area contributed by atoms with Crippen LogP contribution in [0.5, 0.6) is 0 Å². The van der Waals surface area contributed by atoms with E-state index in [4.69, 9.17) is 11.6 Å². The molecule has 0 saturated carbocycles. The minimum absolute atomic E-state index is 0.131. The van der Waals surface area contributed by atoms with Crippen LogP contribution in [0.1, 0.15) is 19.5 Å². The van der Waals surface area contributed by atoms with E-state index in [1.165, 1.54) is 6.20 Å². The minimum atomic E-state index is -0.800. The molecule has 1 N–H and O–H groups in total. The van der Waals surface area contributed by atoms with Crippen LogP contribution in [0.2, 0.25) is 5.02 Å². The Labute approximate surface area is 116 Å². The summed E-state index contributed by atoms with van der Waals surface area (Å²) < 4.78 is 3.27. The van der Waals surface area contributed by atoms with Gasteiger partial charge >= 0.3 is 0 Å². The summed E-state index contributed by atoms with van der Waals surface area (Å²) in [6.45, 7) is 4.00. The van der Waals surface area contributed by atoms with Gasteiger partial charge in [-0.2, -0.15) is 10.2 Å². The molecule has 2 rings (SSSR count). The Morgan fingerprint density at radius 2 is 2.21 bits per heavy atom. The van der Waals surface area contributed by atoms with Crippen molar-refractivity contribution in [1.29, 1.82) is 0 Å². The Morgan fingerprint density at radius 3 is 2.74 bits per heavy atom. The predicted molar refractivity (Wildman–Crippen MR) is 71.6 cm³/mol. The van der Waals surface area contributed by atoms with Crippen LogP contribution < -0.4 is 5.32 Å². The molecule has 0 aliphatic heterocycles. The number of hydrogen-bond acceptors (Lipinski definition) is 3. The molecule has 0 fully saturated rings. The Kier molecular flexibility index (Phi) is 3.61. The first-order valence-corrected chi connectivity index (χ1v) is 6.25. The molecule has 0 saturated heterocycles. The van der Waals surface area contributed by atoms with Gasteiger partial charge in [-0.15, -0.1) is 0 Å². The molecule has 0 aliphatic carbocycles. The number of carbonyl (C=O) groups excluding carboxylic acids is 1. The number of nitrogens with zero attached hydrogens (tertiary/aromatic N) is 4. The van der Waals surface area contributed by atoms with E-state index in [0.29, 0.717) is 11.6 Å². The van der Waals surface area contributed by atoms with Crippen molar-refractivity contribution in [3.05, 3.63) is 35.4 Å². The number of rotatable bonds is 4. The van der Waals surface area contributed by atoms with Crippen molar-refractivity contribution < 1.29 is 4.79 Å². The third-order valence-electron chi connectivity index (χ3n) is 3.03. The van der Waals surface area contributed by atoms with Gasteiger partial charge < -0.3 is 5.32 Å². The first kappa shape index (κ1) is 13.6. The van der Waals surface area contributed by atoms with Crippen molar-refractivity contribution >= 4 is 17.5 Å². The van der Waals surface area contributed by atoms with Gasteiger partial charge in [-0.25, -0.2) is 0 Å². The van der Waals surface area contributed by atoms with Gasteiger partial charge in [0.05, 0.1) is 23.5 Å². The van der Waals surface area contributed by atoms with E-state index in [1.54, 1.807) is 35.6 Å². The highest BCUT2D eigenvalue weighted by molar-refractivity contribution is 6.30. The zero-order chi connectivity index (χ0) is 14.0. The van der Waals surface area contributed by atoms with E-state index >= 15 is 0 Å². The molecule has 19 heavy (non-hydrogen) atoms. The van der Waals surface area contributed by atoms with Crippen molar-refractivity contribution in [2.24, 2.45) is 7.05 Å². The summed E-state index contributed by atoms with van der Waals surface area (Å²) in [7, 11) is 1.83. The highest BCUT2D eigenvalue weighted by atomic mass is 35.5. The molecule has 2 heterocycles. The maximum absolute atomic E-state index is 12.2. The van der Waals surface area contributed by atoms with Crippen LogP contribution >= 0.6 is 11.6 Å². The van der Waals surface area contributed by atoms with E-state index in [-0.39, 0.29) is 5.91 Å². The normalized spacial score (nSPS) is 11.6. The van der Waals surface area contributed by atoms with Gasteiger partial charge in [0.2, 0.25) is 5.91 Å². The largest absolute Gasteiger partial charge is 0.348 e. The van der Waals surface area contributed by atoms with Crippen molar-refractivity contribution in [3.8, 4) is 0 Å². The summed E-state index contributed by atoms with van der Waals surface area (Å²) in [6.07, 6.45) is 4.84. The van der Waals surface area contributed by atoms with Crippen LogP contribution in [-0.4, -0.2) is 25.5 Å². The van der Waals surface area contributed by atoms with Crippen LogP contribution in [-0.2, 0) is 23.9 Å². The topological polar surface area (TPSA) is 64.7 Å². The number of aryl methyl sites for hydroxylation is 1. The number of carbonyl (C=O) groups is 1. The summed E-state index contributed by atoms with van der Waals surface area (Å²) in [6, 6.07) is 1.86. The molecule has 0 aliphatic rings. The lowest BCUT2D eigenvalue weighted by molar-refractivity contribution is -0.129. The lowest BCUT2D eigenvalue weighted by Crippen LogP contribution is -2.44. The molecule has 7 heteroatoms. The Balaban J connectivity index is 2.05. The summed E-state index contributed by atoms with van der Waals surface area (Å²) in [5.41, 5.74) is 0.133. The quantitative estimate of drug-likeness (QED) is 0.919. The zero-order valence-corrected chi connectivity index (χ0v) is 11.8. The lowest BCUT2D eigenvalue weighted by atomic mass is 10.1. The molecule has 0 spiro atoms. The summed E-state index contributed by atoms with van der Waals surface area (Å²) >= 11 is 5.82. The summed E-state index contributed by atoms with van der Waals surface area (Å²) in [4.78, 5) is 12.2. The van der Waals surface area contributed by atoms with E-state index in [9.17, 15) is 4.79 Å². The van der Waals surface area contributed by atoms with Gasteiger partial charge in [-0.1, -0.05) is 11.6 Å². The molecule has 1 amide bonds. The molecule has 0 aromatic carbocycles. The fraction of sp³-hybridized carbons (Fsp3) is 0.417. The van der Waals surface area contributed by atoms with Gasteiger partial charge in [-0.3, -0.25) is 14.2 Å². The van der Waals surface area contributed by atoms with Crippen molar-refractivity contribution in [3.63, 3.8) is 0 Å². The Morgan fingerprint density at radius 1 is 1.47 bits per heavy atom. The van der Waals surface area contributed by atoms with Gasteiger partial charge in [0.1, 0.15) is 5.54 Å². The molecule has 0 radical (unpaired) electrons. The van der Waals surface area contributed by atoms with Crippen LogP contribution in [0.25, 0.3) is 0 Å². The molecular formula is C12H16ClN5O. The maximum atomic E-state index is 12.2. The fourth-order valence-corrected chi connectivity index (χ4v) is 1.81. The lowest BCUT2D eigenvalue weighted by Gasteiger charge is -2.24. The first-order valence-electron chi connectivity index (χ1n) is 5.87. The van der Waals surface area contributed by atoms with Crippen molar-refractivity contribution in [2.45, 2.75) is 25.9 Å². The van der Waals surface area contributed by atoms with E-state index in [2.05, 4.69) is 15.5 Å². The van der Waals surface area contributed by atoms with E-state index < -0.39 is 5.54 Å². The fourth-order valence-electron chi connectivity index (χ4n) is 1.67. The smallest absolute Gasteiger partial charge is 0.247 e. The number of hydrogen-bond donors (Lipinski definition) is 1. The molecule has 2 aromatic heterocycles. The average molecular weight is 282 g/mol. The maximum Gasteiger partial charge on any atom is 0.247 e. The monoisotopic (exact) mass is 281 g/mol. The molecule has 0 unspecified atom stereocenters. The second kappa shape index (κ2) is 5.05. The molecular weight excluding hydrogens is 266 g/mol. The number of amides is 1. The SMILES string of the molecule is Cn1nccc1CNC(=O)C(C)(C)n1cc(Cl)cn1. The van der Waals surface area contributed by atoms with Gasteiger partial charge in [0, 0.05) is 19.4 Å². The average Bonchev–Trinajstić information content (AvgIpc) is 2.95. The molecule has 102 valence electrons. The highest BCUT2D eigenvalue weighted by Gasteiger charge is 2.30. The van der Waals surface area contributed by atoms with Gasteiger partial charge in [0.15, 0.2) is 0 Å². The molecule has 0 bridgehead atoms. The van der Waals surface area contributed by atoms with Crippen molar-refractivity contribution in [2.75, 3.05) is 0 Å². The minimum Gasteiger partial charge on any atom is -0.348 e. The van der Waals surface area contributed by atoms with E-state index in [1.807, 2.05) is 13.1 Å². The summed E-state index contributed by atoms with van der Waals surface area (Å²) in [5, 5.41) is 11.5. The molecule has 6 nitrogen and oxygen atoms in total. The third-order valence-corrected chi connectivity index (χ3v) is 3.23. The van der Waals surface area contributed by atoms with E-state index in [0.717, 1.165) is 5.69 Å². The number of aromatic nitrogens is 4. The first-order chi connectivity index (χ1) is 8.91. The van der Waals surface area contributed by atoms with Crippen LogP contribution in [0.3, 0.4) is 0 Å². The second-order valence-corrected chi connectivity index (χ2v) is 5.23. The Bertz CT molecular complexity index is 586. The van der Waals surface area contributed by atoms with Crippen LogP contribution in [0.4, 0.5) is 0 Å². The predicted octanol–water partition coefficient (Wildman–Crippen LogP) is 1.32. The number of halogens is 1. The summed E-state index contributed by atoms with van der Waals surface area (Å²) in [5.74, 6) is -0.131. The molecule has 2 aromatic rings. The zero-order valence-electron chi connectivity index (χ0n) is 11.1. The molecule has 0 atom stereocenters. The van der Waals surface area contributed by atoms with Gasteiger partial charge in [-0.05, 0) is 19.9 Å². The van der Waals surface area contributed by atoms with Gasteiger partial charge in [0.25, 0.3) is 0 Å².